The van der Waals surface area contributed by atoms with Gasteiger partial charge in [-0.15, -0.1) is 0 Å². The number of hydrogen-bond donors (Lipinski definition) is 0. The number of allylic oxidation sites excluding steroid dienone is 7. The molecular weight excluding hydrogens is 701 g/mol. The van der Waals surface area contributed by atoms with Crippen LogP contribution >= 0.6 is 0 Å². The molecular formula is C51H60N4O2+2. The smallest absolute Gasteiger partial charge is 0.414 e. The summed E-state index contributed by atoms with van der Waals surface area (Å²) in [5.74, 6) is 0. The summed E-state index contributed by atoms with van der Waals surface area (Å²) in [7, 11) is 1.99. The summed E-state index contributed by atoms with van der Waals surface area (Å²) in [6.45, 7) is 20.6. The fraction of sp³-hybridized carbons (Fsp3) is 0.353. The van der Waals surface area contributed by atoms with E-state index >= 15 is 0 Å². The monoisotopic (exact) mass is 760 g/mol. The number of carbonyl (C=O) groups excluding carboxylic acids is 1. The highest BCUT2D eigenvalue weighted by atomic mass is 16.6. The topological polar surface area (TPSA) is 39.7 Å². The Morgan fingerprint density at radius 3 is 2.23 bits per heavy atom. The lowest BCUT2D eigenvalue weighted by atomic mass is 9.80. The molecule has 3 aromatic carbocycles. The van der Waals surface area contributed by atoms with Crippen molar-refractivity contribution in [3.8, 4) is 0 Å². The molecule has 0 bridgehead atoms. The van der Waals surface area contributed by atoms with E-state index < -0.39 is 0 Å². The molecule has 4 aromatic rings. The molecule has 0 spiro atoms. The van der Waals surface area contributed by atoms with Gasteiger partial charge in [0.25, 0.3) is 0 Å². The van der Waals surface area contributed by atoms with Crippen LogP contribution in [0.1, 0.15) is 87.8 Å². The Balaban J connectivity index is 1.34. The van der Waals surface area contributed by atoms with E-state index in [-0.39, 0.29) is 23.5 Å². The predicted octanol–water partition coefficient (Wildman–Crippen LogP) is 10.6. The fourth-order valence-corrected chi connectivity index (χ4v) is 9.03. The highest BCUT2D eigenvalue weighted by Gasteiger charge is 2.44. The minimum absolute atomic E-state index is 0.167. The van der Waals surface area contributed by atoms with Gasteiger partial charge in [0.1, 0.15) is 20.2 Å². The second kappa shape index (κ2) is 16.2. The molecule has 0 radical (unpaired) electrons. The van der Waals surface area contributed by atoms with E-state index in [1.165, 1.54) is 50.6 Å². The molecule has 57 heavy (non-hydrogen) atoms. The molecule has 2 aliphatic heterocycles. The molecule has 0 N–H and O–H groups in total. The van der Waals surface area contributed by atoms with Crippen LogP contribution in [-0.2, 0) is 35.6 Å². The molecule has 0 saturated heterocycles. The van der Waals surface area contributed by atoms with E-state index in [2.05, 4.69) is 150 Å². The van der Waals surface area contributed by atoms with Crippen LogP contribution in [-0.4, -0.2) is 40.9 Å². The molecule has 0 atom stereocenters. The number of rotatable bonds is 11. The van der Waals surface area contributed by atoms with Crippen LogP contribution in [0, 0.1) is 13.8 Å². The average Bonchev–Trinajstić information content (AvgIpc) is 3.76. The third-order valence-corrected chi connectivity index (χ3v) is 12.3. The second-order valence-corrected chi connectivity index (χ2v) is 16.9. The molecule has 0 saturated carbocycles. The maximum atomic E-state index is 14.5. The van der Waals surface area contributed by atoms with Gasteiger partial charge in [0.2, 0.25) is 5.69 Å². The lowest BCUT2D eigenvalue weighted by Crippen LogP contribution is -2.33. The van der Waals surface area contributed by atoms with Crippen LogP contribution in [0.5, 0.6) is 0 Å². The predicted molar refractivity (Wildman–Crippen MR) is 233 cm³/mol. The van der Waals surface area contributed by atoms with Crippen LogP contribution in [0.4, 0.5) is 16.2 Å². The van der Waals surface area contributed by atoms with E-state index in [1.54, 1.807) is 0 Å². The molecule has 7 rings (SSSR count). The molecule has 294 valence electrons. The first kappa shape index (κ1) is 39.7. The number of anilines is 1. The lowest BCUT2D eigenvalue weighted by molar-refractivity contribution is -0.671. The molecule has 1 aromatic heterocycles. The summed E-state index contributed by atoms with van der Waals surface area (Å²) in [6, 6.07) is 28.1. The largest absolute Gasteiger partial charge is 0.444 e. The molecule has 3 heterocycles. The summed E-state index contributed by atoms with van der Waals surface area (Å²) in [6.07, 6.45) is 15.2. The van der Waals surface area contributed by atoms with Crippen LogP contribution in [0.3, 0.4) is 0 Å². The number of amides is 1. The summed E-state index contributed by atoms with van der Waals surface area (Å²) >= 11 is 0. The van der Waals surface area contributed by atoms with Crippen molar-refractivity contribution in [3.05, 3.63) is 171 Å². The number of benzene rings is 3. The van der Waals surface area contributed by atoms with Crippen molar-refractivity contribution in [1.29, 1.82) is 0 Å². The molecule has 6 heteroatoms. The van der Waals surface area contributed by atoms with E-state index in [4.69, 9.17) is 4.74 Å². The Kier molecular flexibility index (Phi) is 11.3. The first-order valence-corrected chi connectivity index (χ1v) is 20.7. The third kappa shape index (κ3) is 7.79. The van der Waals surface area contributed by atoms with Gasteiger partial charge < -0.3 is 9.64 Å². The van der Waals surface area contributed by atoms with Crippen LogP contribution < -0.4 is 9.47 Å². The van der Waals surface area contributed by atoms with E-state index in [0.29, 0.717) is 13.0 Å². The van der Waals surface area contributed by atoms with E-state index in [0.717, 1.165) is 48.3 Å². The standard InChI is InChI=1S/C51H60N4O2/c1-10-53-44-23-17-36(3)33-42(44)50(5,6)46(53)25-21-40-19-20-41(22-26-47-51(7,8)43-34-37(4)18-24-45(43)54(47)11-2)48(40)55(32-29-38-15-13-12-14-16-38)49(56)57-35-39-27-30-52(9)31-28-39/h12-18,21-28,30-31,33-34H,10-11,19-20,29,32,35H2,1-9H3/q+2. The number of aromatic nitrogens is 1. The number of carbonyl (C=O) groups is 1. The molecule has 3 aliphatic rings. The Labute approximate surface area is 340 Å². The van der Waals surface area contributed by atoms with Crippen molar-refractivity contribution in [2.45, 2.75) is 92.1 Å². The number of ether oxygens (including phenoxy) is 1. The van der Waals surface area contributed by atoms with Gasteiger partial charge in [0, 0.05) is 65.3 Å². The van der Waals surface area contributed by atoms with Crippen LogP contribution in [0.2, 0.25) is 0 Å². The van der Waals surface area contributed by atoms with Crippen molar-refractivity contribution in [3.63, 3.8) is 0 Å². The number of likely N-dealkylation sites (N-methyl/N-ethyl adjacent to an activating group) is 1. The Morgan fingerprint density at radius 2 is 1.53 bits per heavy atom. The van der Waals surface area contributed by atoms with Gasteiger partial charge in [-0.3, -0.25) is 4.90 Å². The fourth-order valence-electron chi connectivity index (χ4n) is 9.03. The molecule has 1 aliphatic carbocycles. The maximum absolute atomic E-state index is 14.5. The van der Waals surface area contributed by atoms with Crippen LogP contribution in [0.15, 0.2) is 138 Å². The number of nitrogens with zero attached hydrogens (tertiary/aromatic N) is 4. The molecule has 6 nitrogen and oxygen atoms in total. The number of aryl methyl sites for hydroxylation is 3. The average molecular weight is 761 g/mol. The molecule has 1 amide bonds. The van der Waals surface area contributed by atoms with Crippen molar-refractivity contribution in [2.75, 3.05) is 24.5 Å². The summed E-state index contributed by atoms with van der Waals surface area (Å²) < 4.78 is 10.6. The quantitative estimate of drug-likeness (QED) is 0.143. The van der Waals surface area contributed by atoms with Crippen molar-refractivity contribution in [1.82, 2.24) is 4.90 Å². The first-order chi connectivity index (χ1) is 27.3. The zero-order valence-electron chi connectivity index (χ0n) is 35.5. The molecule has 0 fully saturated rings. The number of hydrogen-bond acceptors (Lipinski definition) is 3. The highest BCUT2D eigenvalue weighted by Crippen LogP contribution is 2.48. The normalized spacial score (nSPS) is 18.3. The Morgan fingerprint density at radius 1 is 0.825 bits per heavy atom. The Hall–Kier alpha value is -5.49. The minimum Gasteiger partial charge on any atom is -0.444 e. The lowest BCUT2D eigenvalue weighted by Gasteiger charge is -2.27. The number of fused-ring (bicyclic) bond motifs is 2. The van der Waals surface area contributed by atoms with Gasteiger partial charge >= 0.3 is 6.09 Å². The van der Waals surface area contributed by atoms with E-state index in [1.807, 2.05) is 47.1 Å². The first-order valence-electron chi connectivity index (χ1n) is 20.7. The summed E-state index contributed by atoms with van der Waals surface area (Å²) in [5, 5.41) is 0. The van der Waals surface area contributed by atoms with E-state index in [9.17, 15) is 4.79 Å². The minimum atomic E-state index is -0.327. The van der Waals surface area contributed by atoms with Gasteiger partial charge in [-0.25, -0.2) is 9.36 Å². The zero-order valence-corrected chi connectivity index (χ0v) is 35.5. The second-order valence-electron chi connectivity index (χ2n) is 16.9. The van der Waals surface area contributed by atoms with Crippen molar-refractivity contribution in [2.24, 2.45) is 7.05 Å². The molecule has 0 unspecified atom stereocenters. The van der Waals surface area contributed by atoms with Gasteiger partial charge in [-0.2, -0.15) is 4.58 Å². The van der Waals surface area contributed by atoms with Gasteiger partial charge in [0.15, 0.2) is 18.1 Å². The maximum Gasteiger partial charge on any atom is 0.414 e. The summed E-state index contributed by atoms with van der Waals surface area (Å²) in [5.41, 5.74) is 15.4. The van der Waals surface area contributed by atoms with Gasteiger partial charge in [-0.05, 0) is 101 Å². The Bertz CT molecular complexity index is 2320. The third-order valence-electron chi connectivity index (χ3n) is 12.3. The van der Waals surface area contributed by atoms with Crippen molar-refractivity contribution >= 4 is 23.2 Å². The number of pyridine rings is 1. The van der Waals surface area contributed by atoms with Crippen molar-refractivity contribution < 1.29 is 18.7 Å². The summed E-state index contributed by atoms with van der Waals surface area (Å²) in [4.78, 5) is 18.9. The van der Waals surface area contributed by atoms with Gasteiger partial charge in [0.05, 0.1) is 11.1 Å². The van der Waals surface area contributed by atoms with Crippen LogP contribution in [0.25, 0.3) is 0 Å². The SMILES string of the molecule is CCN1/C(=C/C=C2\CCC(/C=C/C3=[N+](CC)c4ccc(C)cc4C3(C)C)=C2N(CCc2ccccc2)C(=O)OCc2cc[n+](C)cc2)C(C)(C)c2cc(C)ccc21. The zero-order chi connectivity index (χ0) is 40.5. The van der Waals surface area contributed by atoms with Gasteiger partial charge in [-0.1, -0.05) is 85.7 Å². The highest BCUT2D eigenvalue weighted by molar-refractivity contribution is 6.03.